The molecule has 6 heteroatoms. The second kappa shape index (κ2) is 5.88. The highest BCUT2D eigenvalue weighted by Crippen LogP contribution is 2.35. The molecule has 0 bridgehead atoms. The maximum Gasteiger partial charge on any atom is 0.354 e. The van der Waals surface area contributed by atoms with Gasteiger partial charge in [0.15, 0.2) is 0 Å². The van der Waals surface area contributed by atoms with Gasteiger partial charge in [0.2, 0.25) is 0 Å². The van der Waals surface area contributed by atoms with E-state index in [0.717, 1.165) is 12.8 Å². The number of hydrogen-bond donors (Lipinski definition) is 1. The van der Waals surface area contributed by atoms with E-state index in [9.17, 15) is 9.59 Å². The second-order valence-corrected chi connectivity index (χ2v) is 6.21. The van der Waals surface area contributed by atoms with E-state index in [2.05, 4.69) is 23.4 Å². The van der Waals surface area contributed by atoms with Crippen molar-refractivity contribution in [3.63, 3.8) is 0 Å². The number of aromatic carboxylic acids is 1. The molecular formula is C16H16N2O3S. The highest BCUT2D eigenvalue weighted by molar-refractivity contribution is 7.10. The van der Waals surface area contributed by atoms with Gasteiger partial charge < -0.3 is 10.0 Å². The smallest absolute Gasteiger partial charge is 0.354 e. The Balaban J connectivity index is 1.87. The lowest BCUT2D eigenvalue weighted by Gasteiger charge is -2.35. The zero-order valence-electron chi connectivity index (χ0n) is 12.2. The molecule has 1 unspecified atom stereocenters. The summed E-state index contributed by atoms with van der Waals surface area (Å²) in [6.07, 6.45) is 3.08. The third-order valence-electron chi connectivity index (χ3n) is 3.97. The lowest BCUT2D eigenvalue weighted by molar-refractivity contribution is 0.0651. The zero-order chi connectivity index (χ0) is 15.7. The maximum absolute atomic E-state index is 12.7. The van der Waals surface area contributed by atoms with E-state index in [4.69, 9.17) is 5.11 Å². The third kappa shape index (κ3) is 2.50. The molecule has 3 rings (SSSR count). The molecule has 0 radical (unpaired) electrons. The molecule has 0 saturated carbocycles. The molecular weight excluding hydrogens is 300 g/mol. The van der Waals surface area contributed by atoms with Crippen molar-refractivity contribution in [2.45, 2.75) is 25.8 Å². The Kier molecular flexibility index (Phi) is 3.94. The summed E-state index contributed by atoms with van der Waals surface area (Å²) in [7, 11) is 0. The van der Waals surface area contributed by atoms with Crippen LogP contribution in [0.15, 0.2) is 29.8 Å². The predicted molar refractivity (Wildman–Crippen MR) is 83.3 cm³/mol. The average Bonchev–Trinajstić information content (AvgIpc) is 3.01. The lowest BCUT2D eigenvalue weighted by atomic mass is 9.97. The van der Waals surface area contributed by atoms with Gasteiger partial charge in [-0.1, -0.05) is 6.92 Å². The molecule has 1 N–H and O–H groups in total. The SMILES string of the molecule is CCC1c2ccsc2CCN1C(=O)c1ccc(C(=O)O)nc1. The van der Waals surface area contributed by atoms with Gasteiger partial charge in [-0.25, -0.2) is 9.78 Å². The van der Waals surface area contributed by atoms with Crippen molar-refractivity contribution in [3.8, 4) is 0 Å². The Morgan fingerprint density at radius 2 is 2.23 bits per heavy atom. The molecule has 2 aromatic rings. The second-order valence-electron chi connectivity index (χ2n) is 5.21. The average molecular weight is 316 g/mol. The predicted octanol–water partition coefficient (Wildman–Crippen LogP) is 2.99. The van der Waals surface area contributed by atoms with Crippen LogP contribution >= 0.6 is 11.3 Å². The molecule has 0 saturated heterocycles. The largest absolute Gasteiger partial charge is 0.477 e. The normalized spacial score (nSPS) is 17.1. The van der Waals surface area contributed by atoms with Crippen LogP contribution in [-0.4, -0.2) is 33.4 Å². The van der Waals surface area contributed by atoms with E-state index in [1.165, 1.54) is 28.8 Å². The third-order valence-corrected chi connectivity index (χ3v) is 4.97. The minimum Gasteiger partial charge on any atom is -0.477 e. The molecule has 0 aliphatic carbocycles. The van der Waals surface area contributed by atoms with Crippen LogP contribution < -0.4 is 0 Å². The number of fused-ring (bicyclic) bond motifs is 1. The van der Waals surface area contributed by atoms with Crippen LogP contribution in [0.25, 0.3) is 0 Å². The van der Waals surface area contributed by atoms with Crippen molar-refractivity contribution in [2.75, 3.05) is 6.54 Å². The topological polar surface area (TPSA) is 70.5 Å². The number of nitrogens with zero attached hydrogens (tertiary/aromatic N) is 2. The molecule has 3 heterocycles. The minimum atomic E-state index is -1.09. The fourth-order valence-electron chi connectivity index (χ4n) is 2.89. The number of carbonyl (C=O) groups excluding carboxylic acids is 1. The number of hydrogen-bond acceptors (Lipinski definition) is 4. The summed E-state index contributed by atoms with van der Waals surface area (Å²) in [5, 5.41) is 10.9. The van der Waals surface area contributed by atoms with Crippen LogP contribution in [0.3, 0.4) is 0 Å². The number of carboxylic acid groups (broad SMARTS) is 1. The van der Waals surface area contributed by atoms with Crippen LogP contribution in [0.5, 0.6) is 0 Å². The maximum atomic E-state index is 12.7. The molecule has 114 valence electrons. The van der Waals surface area contributed by atoms with Gasteiger partial charge >= 0.3 is 5.97 Å². The molecule has 1 amide bonds. The Bertz CT molecular complexity index is 708. The molecule has 0 aromatic carbocycles. The van der Waals surface area contributed by atoms with Crippen molar-refractivity contribution < 1.29 is 14.7 Å². The lowest BCUT2D eigenvalue weighted by Crippen LogP contribution is -2.39. The van der Waals surface area contributed by atoms with Crippen molar-refractivity contribution in [1.29, 1.82) is 0 Å². The number of thiophene rings is 1. The first-order valence-electron chi connectivity index (χ1n) is 7.18. The van der Waals surface area contributed by atoms with Gasteiger partial charge in [-0.2, -0.15) is 0 Å². The molecule has 1 atom stereocenters. The molecule has 1 aliphatic rings. The van der Waals surface area contributed by atoms with E-state index in [0.29, 0.717) is 12.1 Å². The summed E-state index contributed by atoms with van der Waals surface area (Å²) in [6.45, 7) is 2.76. The van der Waals surface area contributed by atoms with E-state index in [-0.39, 0.29) is 17.6 Å². The van der Waals surface area contributed by atoms with E-state index in [1.54, 1.807) is 11.3 Å². The van der Waals surface area contributed by atoms with Gasteiger partial charge in [0.25, 0.3) is 5.91 Å². The summed E-state index contributed by atoms with van der Waals surface area (Å²) in [5.74, 6) is -1.18. The van der Waals surface area contributed by atoms with Crippen LogP contribution in [0.2, 0.25) is 0 Å². The highest BCUT2D eigenvalue weighted by Gasteiger charge is 2.31. The highest BCUT2D eigenvalue weighted by atomic mass is 32.1. The Morgan fingerprint density at radius 3 is 2.86 bits per heavy atom. The van der Waals surface area contributed by atoms with Crippen LogP contribution in [0, 0.1) is 0 Å². The number of aromatic nitrogens is 1. The molecule has 2 aromatic heterocycles. The van der Waals surface area contributed by atoms with Gasteiger partial charge in [0, 0.05) is 17.6 Å². The van der Waals surface area contributed by atoms with Gasteiger partial charge in [-0.05, 0) is 42.0 Å². The molecule has 5 nitrogen and oxygen atoms in total. The Morgan fingerprint density at radius 1 is 1.41 bits per heavy atom. The first-order valence-corrected chi connectivity index (χ1v) is 8.06. The summed E-state index contributed by atoms with van der Waals surface area (Å²) in [5.41, 5.74) is 1.62. The molecule has 0 fully saturated rings. The van der Waals surface area contributed by atoms with Crippen molar-refractivity contribution in [1.82, 2.24) is 9.88 Å². The molecule has 1 aliphatic heterocycles. The van der Waals surface area contributed by atoms with Crippen molar-refractivity contribution in [2.24, 2.45) is 0 Å². The monoisotopic (exact) mass is 316 g/mol. The summed E-state index contributed by atoms with van der Waals surface area (Å²) in [4.78, 5) is 30.6. The van der Waals surface area contributed by atoms with Crippen LogP contribution in [0.4, 0.5) is 0 Å². The number of amides is 1. The molecule has 0 spiro atoms. The fourth-order valence-corrected chi connectivity index (χ4v) is 3.82. The van der Waals surface area contributed by atoms with Gasteiger partial charge in [0.1, 0.15) is 5.69 Å². The standard InChI is InChI=1S/C16H16N2O3S/c1-2-13-11-6-8-22-14(11)5-7-18(13)15(19)10-3-4-12(16(20)21)17-9-10/h3-4,6,8-9,13H,2,5,7H2,1H3,(H,20,21). The van der Waals surface area contributed by atoms with E-state index < -0.39 is 5.97 Å². The van der Waals surface area contributed by atoms with Crippen molar-refractivity contribution in [3.05, 3.63) is 51.5 Å². The number of pyridine rings is 1. The van der Waals surface area contributed by atoms with Crippen molar-refractivity contribution >= 4 is 23.2 Å². The quantitative estimate of drug-likeness (QED) is 0.945. The van der Waals surface area contributed by atoms with E-state index in [1.807, 2.05) is 4.90 Å². The summed E-state index contributed by atoms with van der Waals surface area (Å²) in [6, 6.07) is 5.09. The zero-order valence-corrected chi connectivity index (χ0v) is 13.0. The first-order chi connectivity index (χ1) is 10.6. The van der Waals surface area contributed by atoms with Crippen LogP contribution in [-0.2, 0) is 6.42 Å². The first kappa shape index (κ1) is 14.7. The molecule has 22 heavy (non-hydrogen) atoms. The minimum absolute atomic E-state index is 0.0534. The van der Waals surface area contributed by atoms with Gasteiger partial charge in [-0.3, -0.25) is 4.79 Å². The number of rotatable bonds is 3. The number of carbonyl (C=O) groups is 2. The van der Waals surface area contributed by atoms with E-state index >= 15 is 0 Å². The van der Waals surface area contributed by atoms with Crippen LogP contribution in [0.1, 0.15) is 50.7 Å². The Labute approximate surface area is 132 Å². The number of carboxylic acids is 1. The summed E-state index contributed by atoms with van der Waals surface area (Å²) >= 11 is 1.74. The van der Waals surface area contributed by atoms with Gasteiger partial charge in [-0.15, -0.1) is 11.3 Å². The fraction of sp³-hybridized carbons (Fsp3) is 0.312. The summed E-state index contributed by atoms with van der Waals surface area (Å²) < 4.78 is 0. The Hall–Kier alpha value is -2.21. The van der Waals surface area contributed by atoms with Gasteiger partial charge in [0.05, 0.1) is 11.6 Å².